The molecule has 2 heterocycles. The van der Waals surface area contributed by atoms with Crippen molar-refractivity contribution < 1.29 is 4.79 Å². The number of pyridine rings is 1. The minimum atomic E-state index is -0.0812. The van der Waals surface area contributed by atoms with Gasteiger partial charge in [0.05, 0.1) is 6.04 Å². The van der Waals surface area contributed by atoms with Gasteiger partial charge in [-0.05, 0) is 37.9 Å². The zero-order valence-electron chi connectivity index (χ0n) is 9.66. The standard InChI is InChI=1S/C12H17N3O/c1-8-6-7-13-11(8)12(16)15-10-5-3-4-9(2)14-10/h3-5,8,11,13H,6-7H2,1-2H3,(H,14,15,16). The highest BCUT2D eigenvalue weighted by atomic mass is 16.2. The minimum Gasteiger partial charge on any atom is -0.309 e. The monoisotopic (exact) mass is 219 g/mol. The van der Waals surface area contributed by atoms with Gasteiger partial charge in [0.2, 0.25) is 5.91 Å². The SMILES string of the molecule is Cc1cccc(NC(=O)C2NCCC2C)n1. The van der Waals surface area contributed by atoms with Gasteiger partial charge in [-0.3, -0.25) is 4.79 Å². The van der Waals surface area contributed by atoms with E-state index < -0.39 is 0 Å². The van der Waals surface area contributed by atoms with Crippen LogP contribution in [0.3, 0.4) is 0 Å². The maximum absolute atomic E-state index is 11.9. The lowest BCUT2D eigenvalue weighted by molar-refractivity contribution is -0.118. The van der Waals surface area contributed by atoms with Gasteiger partial charge in [-0.15, -0.1) is 0 Å². The Labute approximate surface area is 95.5 Å². The summed E-state index contributed by atoms with van der Waals surface area (Å²) in [7, 11) is 0. The van der Waals surface area contributed by atoms with Crippen LogP contribution < -0.4 is 10.6 Å². The minimum absolute atomic E-state index is 0.0168. The molecule has 2 rings (SSSR count). The molecule has 1 saturated heterocycles. The zero-order chi connectivity index (χ0) is 11.5. The van der Waals surface area contributed by atoms with Gasteiger partial charge in [-0.1, -0.05) is 13.0 Å². The van der Waals surface area contributed by atoms with Crippen LogP contribution >= 0.6 is 0 Å². The lowest BCUT2D eigenvalue weighted by atomic mass is 10.0. The van der Waals surface area contributed by atoms with E-state index in [1.807, 2.05) is 25.1 Å². The van der Waals surface area contributed by atoms with Gasteiger partial charge >= 0.3 is 0 Å². The predicted molar refractivity (Wildman–Crippen MR) is 63.2 cm³/mol. The van der Waals surface area contributed by atoms with Crippen LogP contribution in [0.1, 0.15) is 19.0 Å². The van der Waals surface area contributed by atoms with E-state index in [1.54, 1.807) is 0 Å². The molecule has 4 nitrogen and oxygen atoms in total. The van der Waals surface area contributed by atoms with E-state index in [1.165, 1.54) is 0 Å². The molecule has 2 N–H and O–H groups in total. The molecular weight excluding hydrogens is 202 g/mol. The summed E-state index contributed by atoms with van der Waals surface area (Å²) in [5.74, 6) is 1.04. The molecule has 1 aliphatic heterocycles. The van der Waals surface area contributed by atoms with Crippen LogP contribution in [-0.4, -0.2) is 23.5 Å². The number of rotatable bonds is 2. The Morgan fingerprint density at radius 2 is 2.38 bits per heavy atom. The fourth-order valence-corrected chi connectivity index (χ4v) is 2.00. The van der Waals surface area contributed by atoms with Gasteiger partial charge in [-0.25, -0.2) is 4.98 Å². The zero-order valence-corrected chi connectivity index (χ0v) is 9.66. The molecule has 0 spiro atoms. The number of anilines is 1. The van der Waals surface area contributed by atoms with E-state index in [4.69, 9.17) is 0 Å². The molecule has 1 aliphatic rings. The number of hydrogen-bond acceptors (Lipinski definition) is 3. The van der Waals surface area contributed by atoms with Gasteiger partial charge in [0.1, 0.15) is 5.82 Å². The van der Waals surface area contributed by atoms with Crippen LogP contribution in [0.5, 0.6) is 0 Å². The molecule has 0 bridgehead atoms. The van der Waals surface area contributed by atoms with Crippen LogP contribution in [0.25, 0.3) is 0 Å². The maximum Gasteiger partial charge on any atom is 0.242 e. The van der Waals surface area contributed by atoms with Crippen LogP contribution in [0.4, 0.5) is 5.82 Å². The van der Waals surface area contributed by atoms with E-state index in [9.17, 15) is 4.79 Å². The van der Waals surface area contributed by atoms with Crippen LogP contribution in [0.15, 0.2) is 18.2 Å². The number of aromatic nitrogens is 1. The van der Waals surface area contributed by atoms with E-state index in [0.717, 1.165) is 18.7 Å². The highest BCUT2D eigenvalue weighted by molar-refractivity contribution is 5.94. The average molecular weight is 219 g/mol. The molecule has 0 aliphatic carbocycles. The molecule has 1 fully saturated rings. The third kappa shape index (κ3) is 2.39. The molecule has 2 unspecified atom stereocenters. The Hall–Kier alpha value is -1.42. The average Bonchev–Trinajstić information content (AvgIpc) is 2.64. The summed E-state index contributed by atoms with van der Waals surface area (Å²) in [4.78, 5) is 16.2. The fraction of sp³-hybridized carbons (Fsp3) is 0.500. The Kier molecular flexibility index (Phi) is 3.19. The van der Waals surface area contributed by atoms with Gasteiger partial charge < -0.3 is 10.6 Å². The molecule has 1 amide bonds. The third-order valence-electron chi connectivity index (χ3n) is 2.96. The predicted octanol–water partition coefficient (Wildman–Crippen LogP) is 1.33. The highest BCUT2D eigenvalue weighted by Crippen LogP contribution is 2.16. The molecule has 0 saturated carbocycles. The number of carbonyl (C=O) groups excluding carboxylic acids is 1. The summed E-state index contributed by atoms with van der Waals surface area (Å²) < 4.78 is 0. The largest absolute Gasteiger partial charge is 0.309 e. The summed E-state index contributed by atoms with van der Waals surface area (Å²) in [5, 5.41) is 6.04. The molecular formula is C12H17N3O. The van der Waals surface area contributed by atoms with Crippen molar-refractivity contribution in [3.8, 4) is 0 Å². The number of hydrogen-bond donors (Lipinski definition) is 2. The lowest BCUT2D eigenvalue weighted by Crippen LogP contribution is -2.39. The van der Waals surface area contributed by atoms with Crippen molar-refractivity contribution in [3.05, 3.63) is 23.9 Å². The number of nitrogens with one attached hydrogen (secondary N) is 2. The maximum atomic E-state index is 11.9. The van der Waals surface area contributed by atoms with Gasteiger partial charge in [0.25, 0.3) is 0 Å². The van der Waals surface area contributed by atoms with Gasteiger partial charge in [-0.2, -0.15) is 0 Å². The van der Waals surface area contributed by atoms with Crippen molar-refractivity contribution in [3.63, 3.8) is 0 Å². The van der Waals surface area contributed by atoms with Crippen molar-refractivity contribution in [1.29, 1.82) is 0 Å². The van der Waals surface area contributed by atoms with Crippen molar-refractivity contribution in [2.75, 3.05) is 11.9 Å². The van der Waals surface area contributed by atoms with E-state index >= 15 is 0 Å². The summed E-state index contributed by atoms with van der Waals surface area (Å²) in [6.45, 7) is 4.92. The van der Waals surface area contributed by atoms with E-state index in [-0.39, 0.29) is 11.9 Å². The molecule has 16 heavy (non-hydrogen) atoms. The Morgan fingerprint density at radius 1 is 1.56 bits per heavy atom. The van der Waals surface area contributed by atoms with Gasteiger partial charge in [0.15, 0.2) is 0 Å². The highest BCUT2D eigenvalue weighted by Gasteiger charge is 2.29. The summed E-state index contributed by atoms with van der Waals surface area (Å²) in [5.41, 5.74) is 0.908. The van der Waals surface area contributed by atoms with Crippen molar-refractivity contribution in [2.24, 2.45) is 5.92 Å². The van der Waals surface area contributed by atoms with Crippen LogP contribution in [0, 0.1) is 12.8 Å². The van der Waals surface area contributed by atoms with Crippen LogP contribution in [0.2, 0.25) is 0 Å². The van der Waals surface area contributed by atoms with Crippen molar-refractivity contribution in [1.82, 2.24) is 10.3 Å². The first-order valence-corrected chi connectivity index (χ1v) is 5.65. The molecule has 1 aromatic rings. The Balaban J connectivity index is 2.02. The van der Waals surface area contributed by atoms with Crippen LogP contribution in [-0.2, 0) is 4.79 Å². The first kappa shape index (κ1) is 11.1. The van der Waals surface area contributed by atoms with Gasteiger partial charge in [0, 0.05) is 5.69 Å². The van der Waals surface area contributed by atoms with E-state index in [2.05, 4.69) is 22.5 Å². The smallest absolute Gasteiger partial charge is 0.242 e. The van der Waals surface area contributed by atoms with E-state index in [0.29, 0.717) is 11.7 Å². The summed E-state index contributed by atoms with van der Waals surface area (Å²) in [6.07, 6.45) is 1.05. The quantitative estimate of drug-likeness (QED) is 0.789. The number of aryl methyl sites for hydroxylation is 1. The first-order valence-electron chi connectivity index (χ1n) is 5.65. The molecule has 2 atom stereocenters. The molecule has 0 radical (unpaired) electrons. The second kappa shape index (κ2) is 4.61. The molecule has 86 valence electrons. The topological polar surface area (TPSA) is 54.0 Å². The molecule has 0 aromatic carbocycles. The second-order valence-electron chi connectivity index (χ2n) is 4.35. The van der Waals surface area contributed by atoms with Crippen molar-refractivity contribution in [2.45, 2.75) is 26.3 Å². The first-order chi connectivity index (χ1) is 7.66. The number of carbonyl (C=O) groups is 1. The third-order valence-corrected chi connectivity index (χ3v) is 2.96. The molecule has 1 aromatic heterocycles. The number of nitrogens with zero attached hydrogens (tertiary/aromatic N) is 1. The second-order valence-corrected chi connectivity index (χ2v) is 4.35. The lowest BCUT2D eigenvalue weighted by Gasteiger charge is -2.14. The normalized spacial score (nSPS) is 24.4. The Morgan fingerprint density at radius 3 is 3.00 bits per heavy atom. The Bertz CT molecular complexity index is 392. The molecule has 4 heteroatoms. The van der Waals surface area contributed by atoms with Crippen molar-refractivity contribution >= 4 is 11.7 Å². The number of amides is 1. The summed E-state index contributed by atoms with van der Waals surface area (Å²) >= 11 is 0. The summed E-state index contributed by atoms with van der Waals surface area (Å²) in [6, 6.07) is 5.53. The fourth-order valence-electron chi connectivity index (χ4n) is 2.00.